The summed E-state index contributed by atoms with van der Waals surface area (Å²) in [6, 6.07) is 8.04. The van der Waals surface area contributed by atoms with Gasteiger partial charge in [0.25, 0.3) is 0 Å². The SMILES string of the molecule is CC(=O)N1CCC2(C1)CN(c1ncc(C#N)s1)c1ccc(Cl)cc12. The molecule has 1 fully saturated rings. The molecule has 0 bridgehead atoms. The van der Waals surface area contributed by atoms with Crippen molar-refractivity contribution in [1.82, 2.24) is 9.88 Å². The van der Waals surface area contributed by atoms with Gasteiger partial charge in [-0.3, -0.25) is 4.79 Å². The van der Waals surface area contributed by atoms with Crippen molar-refractivity contribution in [1.29, 1.82) is 5.26 Å². The second-order valence-electron chi connectivity index (χ2n) is 6.34. The van der Waals surface area contributed by atoms with Crippen molar-refractivity contribution >= 4 is 39.7 Å². The lowest BCUT2D eigenvalue weighted by Gasteiger charge is -2.25. The van der Waals surface area contributed by atoms with E-state index in [4.69, 9.17) is 16.9 Å². The monoisotopic (exact) mass is 358 g/mol. The third kappa shape index (κ3) is 2.27. The molecule has 122 valence electrons. The number of carbonyl (C=O) groups is 1. The molecule has 2 aliphatic rings. The number of rotatable bonds is 1. The minimum atomic E-state index is -0.121. The van der Waals surface area contributed by atoms with Gasteiger partial charge in [0.1, 0.15) is 10.9 Å². The predicted octanol–water partition coefficient (Wildman–Crippen LogP) is 3.31. The van der Waals surface area contributed by atoms with Gasteiger partial charge in [-0.1, -0.05) is 22.9 Å². The number of nitrogens with zero attached hydrogens (tertiary/aromatic N) is 4. The largest absolute Gasteiger partial charge is 0.342 e. The Morgan fingerprint density at radius 1 is 1.46 bits per heavy atom. The van der Waals surface area contributed by atoms with Crippen LogP contribution >= 0.6 is 22.9 Å². The summed E-state index contributed by atoms with van der Waals surface area (Å²) < 4.78 is 0. The molecule has 0 saturated carbocycles. The predicted molar refractivity (Wildman–Crippen MR) is 93.8 cm³/mol. The maximum atomic E-state index is 11.8. The standard InChI is InChI=1S/C17H15ClN4OS/c1-11(23)21-5-4-17(9-21)10-22(16-20-8-13(7-19)24-16)15-3-2-12(18)6-14(15)17/h2-3,6,8H,4-5,9-10H2,1H3. The molecule has 24 heavy (non-hydrogen) atoms. The number of thiazole rings is 1. The van der Waals surface area contributed by atoms with E-state index in [1.165, 1.54) is 16.9 Å². The van der Waals surface area contributed by atoms with Crippen molar-refractivity contribution in [3.63, 3.8) is 0 Å². The quantitative estimate of drug-likeness (QED) is 0.784. The molecule has 1 spiro atoms. The highest BCUT2D eigenvalue weighted by Gasteiger charge is 2.48. The molecule has 4 rings (SSSR count). The van der Waals surface area contributed by atoms with Gasteiger partial charge in [-0.05, 0) is 30.2 Å². The molecule has 0 N–H and O–H groups in total. The first kappa shape index (κ1) is 15.4. The van der Waals surface area contributed by atoms with Crippen LogP contribution in [0.5, 0.6) is 0 Å². The van der Waals surface area contributed by atoms with E-state index in [-0.39, 0.29) is 11.3 Å². The molecule has 0 aliphatic carbocycles. The van der Waals surface area contributed by atoms with E-state index >= 15 is 0 Å². The zero-order valence-corrected chi connectivity index (χ0v) is 14.7. The third-order valence-corrected chi connectivity index (χ3v) is 6.08. The number of fused-ring (bicyclic) bond motifs is 2. The maximum Gasteiger partial charge on any atom is 0.219 e. The van der Waals surface area contributed by atoms with Gasteiger partial charge in [0.05, 0.1) is 6.20 Å². The van der Waals surface area contributed by atoms with Crippen LogP contribution in [0, 0.1) is 11.3 Å². The number of aromatic nitrogens is 1. The summed E-state index contributed by atoms with van der Waals surface area (Å²) in [4.78, 5) is 20.9. The van der Waals surface area contributed by atoms with Gasteiger partial charge in [-0.25, -0.2) is 4.98 Å². The minimum Gasteiger partial charge on any atom is -0.342 e. The van der Waals surface area contributed by atoms with E-state index in [0.29, 0.717) is 16.4 Å². The van der Waals surface area contributed by atoms with Crippen molar-refractivity contribution in [3.8, 4) is 6.07 Å². The highest BCUT2D eigenvalue weighted by atomic mass is 35.5. The van der Waals surface area contributed by atoms with Crippen LogP contribution in [0.3, 0.4) is 0 Å². The number of carbonyl (C=O) groups excluding carboxylic acids is 1. The Hall–Kier alpha value is -2.10. The molecule has 0 radical (unpaired) electrons. The van der Waals surface area contributed by atoms with Crippen LogP contribution in [0.2, 0.25) is 5.02 Å². The molecule has 1 unspecified atom stereocenters. The average molecular weight is 359 g/mol. The summed E-state index contributed by atoms with van der Waals surface area (Å²) in [6.07, 6.45) is 2.52. The fourth-order valence-electron chi connectivity index (χ4n) is 3.74. The third-order valence-electron chi connectivity index (χ3n) is 4.92. The van der Waals surface area contributed by atoms with E-state index in [1.807, 2.05) is 23.1 Å². The molecule has 2 aliphatic heterocycles. The number of nitriles is 1. The molecule has 5 nitrogen and oxygen atoms in total. The molecule has 1 aromatic heterocycles. The molecule has 1 amide bonds. The number of benzene rings is 1. The summed E-state index contributed by atoms with van der Waals surface area (Å²) >= 11 is 7.64. The van der Waals surface area contributed by atoms with Crippen LogP contribution < -0.4 is 4.90 Å². The number of hydrogen-bond donors (Lipinski definition) is 0. The van der Waals surface area contributed by atoms with Crippen molar-refractivity contribution in [2.24, 2.45) is 0 Å². The topological polar surface area (TPSA) is 60.2 Å². The van der Waals surface area contributed by atoms with Gasteiger partial charge in [0, 0.05) is 42.7 Å². The van der Waals surface area contributed by atoms with E-state index in [1.54, 1.807) is 13.1 Å². The Kier molecular flexibility index (Phi) is 3.52. The Labute approximate surface area is 149 Å². The van der Waals surface area contributed by atoms with Crippen LogP contribution in [-0.4, -0.2) is 35.4 Å². The van der Waals surface area contributed by atoms with Crippen LogP contribution in [0.1, 0.15) is 23.8 Å². The highest BCUT2D eigenvalue weighted by Crippen LogP contribution is 2.50. The van der Waals surface area contributed by atoms with Gasteiger partial charge in [-0.2, -0.15) is 5.26 Å². The van der Waals surface area contributed by atoms with Crippen molar-refractivity contribution in [2.45, 2.75) is 18.8 Å². The summed E-state index contributed by atoms with van der Waals surface area (Å²) in [5.74, 6) is 0.106. The first-order chi connectivity index (χ1) is 11.5. The van der Waals surface area contributed by atoms with E-state index in [9.17, 15) is 4.79 Å². The van der Waals surface area contributed by atoms with E-state index in [2.05, 4.69) is 16.0 Å². The van der Waals surface area contributed by atoms with Gasteiger partial charge in [0.2, 0.25) is 5.91 Å². The van der Waals surface area contributed by atoms with Crippen LogP contribution in [-0.2, 0) is 10.2 Å². The zero-order valence-electron chi connectivity index (χ0n) is 13.1. The molecule has 7 heteroatoms. The Morgan fingerprint density at radius 3 is 2.96 bits per heavy atom. The fourth-order valence-corrected chi connectivity index (χ4v) is 4.64. The lowest BCUT2D eigenvalue weighted by Crippen LogP contribution is -2.36. The fraction of sp³-hybridized carbons (Fsp3) is 0.353. The number of hydrogen-bond acceptors (Lipinski definition) is 5. The Morgan fingerprint density at radius 2 is 2.29 bits per heavy atom. The lowest BCUT2D eigenvalue weighted by atomic mass is 9.81. The van der Waals surface area contributed by atoms with E-state index in [0.717, 1.165) is 30.3 Å². The second kappa shape index (κ2) is 5.47. The van der Waals surface area contributed by atoms with Crippen molar-refractivity contribution < 1.29 is 4.79 Å². The van der Waals surface area contributed by atoms with Gasteiger partial charge < -0.3 is 9.80 Å². The summed E-state index contributed by atoms with van der Waals surface area (Å²) in [5, 5.41) is 10.6. The molecule has 2 aromatic rings. The summed E-state index contributed by atoms with van der Waals surface area (Å²) in [5.41, 5.74) is 2.13. The van der Waals surface area contributed by atoms with Crippen LogP contribution in [0.25, 0.3) is 0 Å². The minimum absolute atomic E-state index is 0.106. The van der Waals surface area contributed by atoms with Gasteiger partial charge in [-0.15, -0.1) is 0 Å². The van der Waals surface area contributed by atoms with Gasteiger partial charge >= 0.3 is 0 Å². The number of halogens is 1. The van der Waals surface area contributed by atoms with Crippen molar-refractivity contribution in [2.75, 3.05) is 24.5 Å². The molecule has 1 aromatic carbocycles. The summed E-state index contributed by atoms with van der Waals surface area (Å²) in [6.45, 7) is 3.83. The number of anilines is 2. The smallest absolute Gasteiger partial charge is 0.219 e. The van der Waals surface area contributed by atoms with Crippen molar-refractivity contribution in [3.05, 3.63) is 39.9 Å². The Bertz CT molecular complexity index is 874. The normalized spacial score (nSPS) is 22.0. The lowest BCUT2D eigenvalue weighted by molar-refractivity contribution is -0.127. The molecule has 1 atom stereocenters. The first-order valence-corrected chi connectivity index (χ1v) is 8.91. The summed E-state index contributed by atoms with van der Waals surface area (Å²) in [7, 11) is 0. The zero-order chi connectivity index (χ0) is 16.9. The Balaban J connectivity index is 1.78. The highest BCUT2D eigenvalue weighted by molar-refractivity contribution is 7.16. The average Bonchev–Trinajstić information content (AvgIpc) is 3.26. The molecular formula is C17H15ClN4OS. The maximum absolute atomic E-state index is 11.8. The van der Waals surface area contributed by atoms with Crippen LogP contribution in [0.4, 0.5) is 10.8 Å². The number of amides is 1. The van der Waals surface area contributed by atoms with E-state index < -0.39 is 0 Å². The van der Waals surface area contributed by atoms with Crippen LogP contribution in [0.15, 0.2) is 24.4 Å². The number of likely N-dealkylation sites (tertiary alicyclic amines) is 1. The van der Waals surface area contributed by atoms with Gasteiger partial charge in [0.15, 0.2) is 5.13 Å². The second-order valence-corrected chi connectivity index (χ2v) is 7.78. The molecule has 3 heterocycles. The molecular weight excluding hydrogens is 344 g/mol. The molecule has 1 saturated heterocycles. The first-order valence-electron chi connectivity index (χ1n) is 7.71.